The lowest BCUT2D eigenvalue weighted by molar-refractivity contribution is -0.332. The van der Waals surface area contributed by atoms with Gasteiger partial charge in [0.1, 0.15) is 54.9 Å². The molecule has 14 nitrogen and oxygen atoms in total. The van der Waals surface area contributed by atoms with E-state index in [9.17, 15) is 40.5 Å². The van der Waals surface area contributed by atoms with Crippen molar-refractivity contribution in [2.75, 3.05) is 33.0 Å². The number of carbonyl (C=O) groups is 1. The van der Waals surface area contributed by atoms with Crippen molar-refractivity contribution in [2.24, 2.45) is 0 Å². The molecule has 0 aromatic heterocycles. The summed E-state index contributed by atoms with van der Waals surface area (Å²) in [5.74, 6) is -0.472. The SMILES string of the molecule is CC/C=C\C/C=C\C/C=C\C/C=C\C/C=C\C/C=C\CCC(=O)OC(COCCCCCC/C=C\C/C=C\C/C=C\CC)COC1OC(COC2OC(CO)C(O)C(O)C2O)C(O)C(O)C1O. The number of esters is 1. The molecule has 0 aliphatic carbocycles. The molecule has 2 fully saturated rings. The maximum atomic E-state index is 13.0. The third-order valence-corrected chi connectivity index (χ3v) is 10.8. The average molecular weight is 945 g/mol. The Hall–Kier alpha value is -3.35. The van der Waals surface area contributed by atoms with Crippen LogP contribution in [-0.4, -0.2) is 142 Å². The molecule has 2 aliphatic heterocycles. The van der Waals surface area contributed by atoms with Crippen LogP contribution in [0.1, 0.15) is 117 Å². The predicted octanol–water partition coefficient (Wildman–Crippen LogP) is 6.84. The summed E-state index contributed by atoms with van der Waals surface area (Å²) in [7, 11) is 0. The number of aliphatic hydroxyl groups excluding tert-OH is 7. The van der Waals surface area contributed by atoms with E-state index in [2.05, 4.69) is 111 Å². The van der Waals surface area contributed by atoms with Gasteiger partial charge in [0, 0.05) is 13.0 Å². The van der Waals surface area contributed by atoms with Crippen molar-refractivity contribution >= 4 is 5.97 Å². The topological polar surface area (TPSA) is 214 Å². The number of hydrogen-bond donors (Lipinski definition) is 7. The molecule has 0 aromatic carbocycles. The Morgan fingerprint density at radius 3 is 1.43 bits per heavy atom. The van der Waals surface area contributed by atoms with Crippen LogP contribution < -0.4 is 0 Å². The van der Waals surface area contributed by atoms with Crippen LogP contribution in [0, 0.1) is 0 Å². The van der Waals surface area contributed by atoms with Crippen LogP contribution >= 0.6 is 0 Å². The Bertz CT molecular complexity index is 1520. The van der Waals surface area contributed by atoms with Crippen molar-refractivity contribution in [3.8, 4) is 0 Å². The van der Waals surface area contributed by atoms with Crippen LogP contribution in [-0.2, 0) is 33.2 Å². The molecule has 67 heavy (non-hydrogen) atoms. The molecule has 2 heterocycles. The van der Waals surface area contributed by atoms with E-state index >= 15 is 0 Å². The van der Waals surface area contributed by atoms with Crippen molar-refractivity contribution in [2.45, 2.75) is 184 Å². The van der Waals surface area contributed by atoms with Crippen LogP contribution in [0.4, 0.5) is 0 Å². The van der Waals surface area contributed by atoms with Gasteiger partial charge in [-0.15, -0.1) is 0 Å². The summed E-state index contributed by atoms with van der Waals surface area (Å²) in [6.07, 6.45) is 36.0. The van der Waals surface area contributed by atoms with Crippen molar-refractivity contribution in [3.63, 3.8) is 0 Å². The van der Waals surface area contributed by atoms with Gasteiger partial charge in [-0.25, -0.2) is 0 Å². The molecule has 0 radical (unpaired) electrons. The first-order chi connectivity index (χ1) is 32.6. The highest BCUT2D eigenvalue weighted by Gasteiger charge is 2.47. The summed E-state index contributed by atoms with van der Waals surface area (Å²) in [4.78, 5) is 13.0. The first-order valence-electron chi connectivity index (χ1n) is 24.5. The normalized spacial score (nSPS) is 27.1. The number of unbranched alkanes of at least 4 members (excludes halogenated alkanes) is 4. The van der Waals surface area contributed by atoms with E-state index in [1.165, 1.54) is 0 Å². The second-order valence-electron chi connectivity index (χ2n) is 16.5. The fourth-order valence-corrected chi connectivity index (χ4v) is 6.85. The molecule has 2 aliphatic rings. The maximum Gasteiger partial charge on any atom is 0.306 e. The summed E-state index contributed by atoms with van der Waals surface area (Å²) >= 11 is 0. The van der Waals surface area contributed by atoms with Gasteiger partial charge in [0.25, 0.3) is 0 Å². The van der Waals surface area contributed by atoms with Gasteiger partial charge in [0.05, 0.1) is 26.4 Å². The van der Waals surface area contributed by atoms with E-state index in [1.54, 1.807) is 0 Å². The molecule has 0 bridgehead atoms. The monoisotopic (exact) mass is 945 g/mol. The Morgan fingerprint density at radius 1 is 0.493 bits per heavy atom. The molecule has 2 rings (SSSR count). The smallest absolute Gasteiger partial charge is 0.306 e. The lowest BCUT2D eigenvalue weighted by Crippen LogP contribution is -2.61. The number of ether oxygens (including phenoxy) is 6. The molecule has 0 saturated carbocycles. The Labute approximate surface area is 400 Å². The molecule has 2 saturated heterocycles. The molecular formula is C53H84O14. The number of hydrogen-bond acceptors (Lipinski definition) is 14. The van der Waals surface area contributed by atoms with Crippen LogP contribution in [0.15, 0.2) is 109 Å². The Kier molecular flexibility index (Phi) is 35.2. The third-order valence-electron chi connectivity index (χ3n) is 10.8. The minimum absolute atomic E-state index is 0.00772. The molecule has 11 unspecified atom stereocenters. The van der Waals surface area contributed by atoms with Gasteiger partial charge in [-0.3, -0.25) is 4.79 Å². The summed E-state index contributed by atoms with van der Waals surface area (Å²) in [6.45, 7) is 3.26. The maximum absolute atomic E-state index is 13.0. The number of aliphatic hydroxyl groups is 7. The van der Waals surface area contributed by atoms with Gasteiger partial charge in [0.15, 0.2) is 12.6 Å². The first-order valence-corrected chi connectivity index (χ1v) is 24.5. The van der Waals surface area contributed by atoms with E-state index in [0.29, 0.717) is 13.0 Å². The first kappa shape index (κ1) is 59.8. The van der Waals surface area contributed by atoms with Crippen LogP contribution in [0.5, 0.6) is 0 Å². The summed E-state index contributed by atoms with van der Waals surface area (Å²) in [5, 5.41) is 72.0. The summed E-state index contributed by atoms with van der Waals surface area (Å²) in [5.41, 5.74) is 0. The van der Waals surface area contributed by atoms with Gasteiger partial charge >= 0.3 is 5.97 Å². The number of carbonyl (C=O) groups excluding carboxylic acids is 1. The van der Waals surface area contributed by atoms with Gasteiger partial charge in [-0.1, -0.05) is 136 Å². The van der Waals surface area contributed by atoms with Gasteiger partial charge < -0.3 is 64.2 Å². The lowest BCUT2D eigenvalue weighted by atomic mass is 9.98. The molecule has 0 spiro atoms. The highest BCUT2D eigenvalue weighted by molar-refractivity contribution is 5.69. The average Bonchev–Trinajstić information content (AvgIpc) is 3.32. The number of allylic oxidation sites excluding steroid dienone is 18. The minimum atomic E-state index is -1.73. The molecule has 7 N–H and O–H groups in total. The zero-order valence-corrected chi connectivity index (χ0v) is 40.1. The van der Waals surface area contributed by atoms with E-state index in [0.717, 1.165) is 89.9 Å². The molecule has 0 aromatic rings. The zero-order valence-electron chi connectivity index (χ0n) is 40.1. The highest BCUT2D eigenvalue weighted by atomic mass is 16.7. The Balaban J connectivity index is 1.84. The minimum Gasteiger partial charge on any atom is -0.457 e. The third kappa shape index (κ3) is 27.4. The molecule has 14 heteroatoms. The van der Waals surface area contributed by atoms with Crippen LogP contribution in [0.25, 0.3) is 0 Å². The van der Waals surface area contributed by atoms with E-state index in [-0.39, 0.29) is 19.6 Å². The van der Waals surface area contributed by atoms with Crippen molar-refractivity contribution in [3.05, 3.63) is 109 Å². The zero-order chi connectivity index (χ0) is 48.7. The second-order valence-corrected chi connectivity index (χ2v) is 16.5. The second kappa shape index (κ2) is 39.5. The van der Waals surface area contributed by atoms with Crippen LogP contribution in [0.3, 0.4) is 0 Å². The van der Waals surface area contributed by atoms with E-state index in [4.69, 9.17) is 28.4 Å². The van der Waals surface area contributed by atoms with Crippen molar-refractivity contribution in [1.29, 1.82) is 0 Å². The molecule has 11 atom stereocenters. The van der Waals surface area contributed by atoms with Crippen molar-refractivity contribution in [1.82, 2.24) is 0 Å². The van der Waals surface area contributed by atoms with Gasteiger partial charge in [-0.2, -0.15) is 0 Å². The van der Waals surface area contributed by atoms with Gasteiger partial charge in [0.2, 0.25) is 0 Å². The van der Waals surface area contributed by atoms with Crippen LogP contribution in [0.2, 0.25) is 0 Å². The number of rotatable bonds is 36. The summed E-state index contributed by atoms with van der Waals surface area (Å²) in [6, 6.07) is 0. The van der Waals surface area contributed by atoms with E-state index in [1.807, 2.05) is 12.2 Å². The fraction of sp³-hybridized carbons (Fsp3) is 0.642. The Morgan fingerprint density at radius 2 is 0.925 bits per heavy atom. The van der Waals surface area contributed by atoms with Crippen molar-refractivity contribution < 1.29 is 69.0 Å². The largest absolute Gasteiger partial charge is 0.457 e. The fourth-order valence-electron chi connectivity index (χ4n) is 6.85. The predicted molar refractivity (Wildman–Crippen MR) is 261 cm³/mol. The lowest BCUT2D eigenvalue weighted by Gasteiger charge is -2.42. The van der Waals surface area contributed by atoms with Gasteiger partial charge in [-0.05, 0) is 83.5 Å². The van der Waals surface area contributed by atoms with E-state index < -0.39 is 86.7 Å². The quantitative estimate of drug-likeness (QED) is 0.0195. The standard InChI is InChI=1S/C53H84O14/c1-3-5-7-9-11-13-15-17-19-20-21-22-23-24-26-28-30-32-34-36-45(55)65-42(39-62-37-35-33-31-29-27-25-18-16-14-12-10-8-6-4-2)40-63-52-51(61)49(59)47(57)44(67-52)41-64-53-50(60)48(58)46(56)43(38-54)66-53/h5-8,11-14,17-19,21-22,24-26,30,32,42-44,46-54,56-61H,3-4,9-10,15-16,20,23,27-29,31,33-41H2,1-2H3/b7-5-,8-6-,13-11-,14-12-,19-17-,22-21-,25-18-,26-24-,32-30-. The molecule has 380 valence electrons. The molecular weight excluding hydrogens is 861 g/mol. The molecule has 0 amide bonds. The highest BCUT2D eigenvalue weighted by Crippen LogP contribution is 2.26. The summed E-state index contributed by atoms with van der Waals surface area (Å²) < 4.78 is 34.1.